The molecule has 1 saturated heterocycles. The number of aryl methyl sites for hydroxylation is 2. The summed E-state index contributed by atoms with van der Waals surface area (Å²) in [5.74, 6) is 1.25. The molecule has 1 aliphatic rings. The zero-order valence-corrected chi connectivity index (χ0v) is 16.9. The van der Waals surface area contributed by atoms with Crippen LogP contribution in [0.4, 0.5) is 0 Å². The first-order chi connectivity index (χ1) is 13.6. The molecule has 3 rings (SSSR count). The van der Waals surface area contributed by atoms with E-state index >= 15 is 0 Å². The molecule has 2 heterocycles. The van der Waals surface area contributed by atoms with Gasteiger partial charge < -0.3 is 14.4 Å². The normalized spacial score (nSPS) is 17.6. The smallest absolute Gasteiger partial charge is 0.224 e. The van der Waals surface area contributed by atoms with Gasteiger partial charge in [-0.3, -0.25) is 9.59 Å². The molecule has 0 spiro atoms. The average Bonchev–Trinajstić information content (AvgIpc) is 3.04. The molecule has 0 unspecified atom stereocenters. The number of imidazole rings is 1. The first-order valence-electron chi connectivity index (χ1n) is 10.2. The van der Waals surface area contributed by atoms with Crippen molar-refractivity contribution in [2.24, 2.45) is 0 Å². The maximum Gasteiger partial charge on any atom is 0.224 e. The van der Waals surface area contributed by atoms with Crippen molar-refractivity contribution in [3.63, 3.8) is 0 Å². The lowest BCUT2D eigenvalue weighted by Gasteiger charge is -2.31. The van der Waals surface area contributed by atoms with Gasteiger partial charge in [0.25, 0.3) is 0 Å². The molecule has 0 saturated carbocycles. The zero-order valence-electron chi connectivity index (χ0n) is 16.9. The van der Waals surface area contributed by atoms with Crippen molar-refractivity contribution in [1.82, 2.24) is 19.4 Å². The van der Waals surface area contributed by atoms with E-state index in [1.807, 2.05) is 53.3 Å². The molecule has 0 N–H and O–H groups in total. The summed E-state index contributed by atoms with van der Waals surface area (Å²) < 4.78 is 2.07. The van der Waals surface area contributed by atoms with Crippen LogP contribution < -0.4 is 0 Å². The molecule has 1 fully saturated rings. The van der Waals surface area contributed by atoms with E-state index in [4.69, 9.17) is 0 Å². The number of amides is 2. The van der Waals surface area contributed by atoms with Crippen LogP contribution in [-0.2, 0) is 22.7 Å². The van der Waals surface area contributed by atoms with Crippen LogP contribution in [-0.4, -0.2) is 50.3 Å². The molecule has 0 aliphatic carbocycles. The fourth-order valence-electron chi connectivity index (χ4n) is 3.79. The molecule has 28 heavy (non-hydrogen) atoms. The summed E-state index contributed by atoms with van der Waals surface area (Å²) >= 11 is 0. The third kappa shape index (κ3) is 5.00. The molecule has 6 nitrogen and oxygen atoms in total. The Labute approximate surface area is 167 Å². The molecule has 150 valence electrons. The number of hydrogen-bond donors (Lipinski definition) is 0. The van der Waals surface area contributed by atoms with Crippen LogP contribution in [0.15, 0.2) is 42.7 Å². The molecule has 2 amide bonds. The van der Waals surface area contributed by atoms with Gasteiger partial charge >= 0.3 is 0 Å². The van der Waals surface area contributed by atoms with E-state index in [0.717, 1.165) is 30.8 Å². The number of aromatic nitrogens is 2. The monoisotopic (exact) mass is 382 g/mol. The quantitative estimate of drug-likeness (QED) is 0.740. The van der Waals surface area contributed by atoms with Crippen molar-refractivity contribution in [3.8, 4) is 0 Å². The molecule has 6 heteroatoms. The fraction of sp³-hybridized carbons (Fsp3) is 0.500. The lowest BCUT2D eigenvalue weighted by Crippen LogP contribution is -2.43. The molecule has 2 aromatic rings. The van der Waals surface area contributed by atoms with Crippen LogP contribution in [0, 0.1) is 6.92 Å². The van der Waals surface area contributed by atoms with Crippen molar-refractivity contribution in [3.05, 3.63) is 54.1 Å². The third-order valence-electron chi connectivity index (χ3n) is 5.52. The predicted octanol–water partition coefficient (Wildman–Crippen LogP) is 3.01. The number of carbonyl (C=O) groups excluding carboxylic acids is 2. The Morgan fingerprint density at radius 1 is 1.25 bits per heavy atom. The summed E-state index contributed by atoms with van der Waals surface area (Å²) in [7, 11) is 0. The minimum absolute atomic E-state index is 0.0649. The zero-order chi connectivity index (χ0) is 19.9. The summed E-state index contributed by atoms with van der Waals surface area (Å²) in [6.07, 6.45) is 6.25. The maximum absolute atomic E-state index is 12.8. The van der Waals surface area contributed by atoms with Crippen LogP contribution in [0.3, 0.4) is 0 Å². The Kier molecular flexibility index (Phi) is 6.85. The number of nitrogens with zero attached hydrogens (tertiary/aromatic N) is 4. The second-order valence-corrected chi connectivity index (χ2v) is 7.43. The molecule has 0 radical (unpaired) electrons. The molecule has 1 aromatic heterocycles. The number of rotatable bonds is 7. The van der Waals surface area contributed by atoms with Crippen LogP contribution >= 0.6 is 0 Å². The van der Waals surface area contributed by atoms with E-state index in [2.05, 4.69) is 16.5 Å². The van der Waals surface area contributed by atoms with E-state index in [0.29, 0.717) is 32.5 Å². The van der Waals surface area contributed by atoms with Gasteiger partial charge in [-0.1, -0.05) is 37.3 Å². The van der Waals surface area contributed by atoms with Crippen molar-refractivity contribution < 1.29 is 9.59 Å². The Balaban J connectivity index is 1.58. The Hall–Kier alpha value is -2.63. The van der Waals surface area contributed by atoms with E-state index in [9.17, 15) is 9.59 Å². The van der Waals surface area contributed by atoms with Crippen LogP contribution in [0.1, 0.15) is 44.0 Å². The van der Waals surface area contributed by atoms with Gasteiger partial charge in [0.05, 0.1) is 0 Å². The van der Waals surface area contributed by atoms with Crippen LogP contribution in [0.5, 0.6) is 0 Å². The Morgan fingerprint density at radius 2 is 2.04 bits per heavy atom. The predicted molar refractivity (Wildman–Crippen MR) is 108 cm³/mol. The van der Waals surface area contributed by atoms with Gasteiger partial charge in [-0.25, -0.2) is 4.98 Å². The van der Waals surface area contributed by atoms with E-state index in [1.54, 1.807) is 6.20 Å². The highest BCUT2D eigenvalue weighted by Gasteiger charge is 2.30. The second-order valence-electron chi connectivity index (χ2n) is 7.43. The minimum Gasteiger partial charge on any atom is -0.340 e. The summed E-state index contributed by atoms with van der Waals surface area (Å²) in [6, 6.07) is 10.1. The van der Waals surface area contributed by atoms with Crippen LogP contribution in [0.25, 0.3) is 0 Å². The first-order valence-corrected chi connectivity index (χ1v) is 10.2. The van der Waals surface area contributed by atoms with E-state index in [1.165, 1.54) is 0 Å². The highest BCUT2D eigenvalue weighted by atomic mass is 16.2. The van der Waals surface area contributed by atoms with Crippen molar-refractivity contribution in [1.29, 1.82) is 0 Å². The minimum atomic E-state index is 0.0649. The first kappa shape index (κ1) is 20.1. The van der Waals surface area contributed by atoms with Crippen molar-refractivity contribution >= 4 is 11.8 Å². The van der Waals surface area contributed by atoms with Gasteiger partial charge in [0.2, 0.25) is 11.8 Å². The highest BCUT2D eigenvalue weighted by molar-refractivity contribution is 5.80. The van der Waals surface area contributed by atoms with Gasteiger partial charge in [0.15, 0.2) is 0 Å². The Bertz CT molecular complexity index is 787. The van der Waals surface area contributed by atoms with E-state index < -0.39 is 0 Å². The van der Waals surface area contributed by atoms with Gasteiger partial charge in [-0.2, -0.15) is 0 Å². The highest BCUT2D eigenvalue weighted by Crippen LogP contribution is 2.18. The maximum atomic E-state index is 12.8. The van der Waals surface area contributed by atoms with Gasteiger partial charge in [0.1, 0.15) is 5.82 Å². The molecule has 1 aromatic carbocycles. The second kappa shape index (κ2) is 9.53. The average molecular weight is 383 g/mol. The van der Waals surface area contributed by atoms with Crippen molar-refractivity contribution in [2.75, 3.05) is 13.1 Å². The van der Waals surface area contributed by atoms with Gasteiger partial charge in [-0.15, -0.1) is 0 Å². The van der Waals surface area contributed by atoms with Gasteiger partial charge in [0, 0.05) is 57.5 Å². The molecular weight excluding hydrogens is 352 g/mol. The lowest BCUT2D eigenvalue weighted by atomic mass is 10.1. The topological polar surface area (TPSA) is 58.4 Å². The summed E-state index contributed by atoms with van der Waals surface area (Å²) in [4.78, 5) is 33.6. The fourth-order valence-corrected chi connectivity index (χ4v) is 3.79. The number of hydrogen-bond acceptors (Lipinski definition) is 3. The largest absolute Gasteiger partial charge is 0.340 e. The Morgan fingerprint density at radius 3 is 2.71 bits per heavy atom. The standard InChI is InChI=1S/C22H30N4O2/c1-3-20-17-25(21(27)10-7-13-24-15-12-23-18(24)2)14-11-22(28)26(20)16-19-8-5-4-6-9-19/h4-6,8-9,12,15,20H,3,7,10-11,13-14,16-17H2,1-2H3/t20-/m1/s1. The number of benzene rings is 1. The summed E-state index contributed by atoms with van der Waals surface area (Å²) in [5.41, 5.74) is 1.13. The molecule has 0 bridgehead atoms. The molecule has 1 atom stereocenters. The lowest BCUT2D eigenvalue weighted by molar-refractivity contribution is -0.133. The summed E-state index contributed by atoms with van der Waals surface area (Å²) in [5, 5.41) is 0. The van der Waals surface area contributed by atoms with Crippen molar-refractivity contribution in [2.45, 2.75) is 58.7 Å². The number of carbonyl (C=O) groups is 2. The van der Waals surface area contributed by atoms with Gasteiger partial charge in [-0.05, 0) is 25.3 Å². The molecular formula is C22H30N4O2. The molecule has 1 aliphatic heterocycles. The van der Waals surface area contributed by atoms with Crippen LogP contribution in [0.2, 0.25) is 0 Å². The third-order valence-corrected chi connectivity index (χ3v) is 5.52. The SMILES string of the molecule is CC[C@@H]1CN(C(=O)CCCn2ccnc2C)CCC(=O)N1Cc1ccccc1. The van der Waals surface area contributed by atoms with E-state index in [-0.39, 0.29) is 17.9 Å². The summed E-state index contributed by atoms with van der Waals surface area (Å²) in [6.45, 7) is 6.60.